The molecule has 1 aliphatic heterocycles. The minimum Gasteiger partial charge on any atom is -0.325 e. The third kappa shape index (κ3) is 5.29. The van der Waals surface area contributed by atoms with Gasteiger partial charge in [-0.2, -0.15) is 4.31 Å². The summed E-state index contributed by atoms with van der Waals surface area (Å²) in [5.41, 5.74) is 1.59. The lowest BCUT2D eigenvalue weighted by Crippen LogP contribution is -2.28. The lowest BCUT2D eigenvalue weighted by atomic mass is 10.2. The second-order valence-electron chi connectivity index (χ2n) is 6.69. The van der Waals surface area contributed by atoms with Gasteiger partial charge in [0.25, 0.3) is 0 Å². The molecular formula is C20H23ClN2O3S2. The normalized spacial score (nSPS) is 16.1. The van der Waals surface area contributed by atoms with E-state index in [2.05, 4.69) is 5.32 Å². The zero-order chi connectivity index (χ0) is 20.1. The number of sulfonamides is 1. The van der Waals surface area contributed by atoms with Crippen molar-refractivity contribution in [3.63, 3.8) is 0 Å². The van der Waals surface area contributed by atoms with Crippen LogP contribution in [0.4, 0.5) is 5.69 Å². The molecule has 1 heterocycles. The van der Waals surface area contributed by atoms with Crippen molar-refractivity contribution < 1.29 is 13.2 Å². The summed E-state index contributed by atoms with van der Waals surface area (Å²) in [4.78, 5) is 12.5. The zero-order valence-corrected chi connectivity index (χ0v) is 18.0. The van der Waals surface area contributed by atoms with Crippen molar-refractivity contribution in [1.29, 1.82) is 0 Å². The number of anilines is 1. The Morgan fingerprint density at radius 3 is 2.54 bits per heavy atom. The Bertz CT molecular complexity index is 927. The van der Waals surface area contributed by atoms with Gasteiger partial charge in [0, 0.05) is 29.0 Å². The van der Waals surface area contributed by atoms with Crippen LogP contribution in [-0.2, 0) is 14.8 Å². The molecule has 1 atom stereocenters. The fourth-order valence-corrected chi connectivity index (χ4v) is 5.55. The van der Waals surface area contributed by atoms with E-state index in [-0.39, 0.29) is 21.8 Å². The van der Waals surface area contributed by atoms with Gasteiger partial charge in [0.2, 0.25) is 15.9 Å². The summed E-state index contributed by atoms with van der Waals surface area (Å²) in [5.74, 6) is 0.105. The Morgan fingerprint density at radius 1 is 1.18 bits per heavy atom. The summed E-state index contributed by atoms with van der Waals surface area (Å²) in [7, 11) is -3.50. The summed E-state index contributed by atoms with van der Waals surface area (Å²) in [6, 6.07) is 14.0. The topological polar surface area (TPSA) is 66.5 Å². The first-order chi connectivity index (χ1) is 13.4. The van der Waals surface area contributed by atoms with Crippen LogP contribution in [-0.4, -0.2) is 37.5 Å². The van der Waals surface area contributed by atoms with Crippen molar-refractivity contribution in [2.45, 2.75) is 29.9 Å². The highest BCUT2D eigenvalue weighted by molar-refractivity contribution is 8.00. The van der Waals surface area contributed by atoms with Crippen molar-refractivity contribution in [3.8, 4) is 0 Å². The number of rotatable bonds is 7. The van der Waals surface area contributed by atoms with Crippen molar-refractivity contribution in [1.82, 2.24) is 4.31 Å². The van der Waals surface area contributed by atoms with E-state index in [1.54, 1.807) is 18.2 Å². The molecule has 3 rings (SSSR count). The molecule has 0 spiro atoms. The molecule has 1 N–H and O–H groups in total. The maximum Gasteiger partial charge on any atom is 0.243 e. The van der Waals surface area contributed by atoms with E-state index in [1.165, 1.54) is 22.1 Å². The number of hydrogen-bond donors (Lipinski definition) is 1. The van der Waals surface area contributed by atoms with Gasteiger partial charge in [-0.15, -0.1) is 11.8 Å². The van der Waals surface area contributed by atoms with Crippen LogP contribution in [0.2, 0.25) is 5.02 Å². The number of amides is 1. The minimum absolute atomic E-state index is 0.143. The largest absolute Gasteiger partial charge is 0.325 e. The van der Waals surface area contributed by atoms with E-state index in [4.69, 9.17) is 11.6 Å². The summed E-state index contributed by atoms with van der Waals surface area (Å²) in [5, 5.41) is 3.62. The van der Waals surface area contributed by atoms with Gasteiger partial charge < -0.3 is 5.32 Å². The lowest BCUT2D eigenvalue weighted by Gasteiger charge is -2.16. The second kappa shape index (κ2) is 9.31. The predicted molar refractivity (Wildman–Crippen MR) is 115 cm³/mol. The van der Waals surface area contributed by atoms with Crippen molar-refractivity contribution in [3.05, 3.63) is 59.1 Å². The lowest BCUT2D eigenvalue weighted by molar-refractivity contribution is -0.113. The highest BCUT2D eigenvalue weighted by Crippen LogP contribution is 2.29. The van der Waals surface area contributed by atoms with Crippen molar-refractivity contribution in [2.24, 2.45) is 0 Å². The molecule has 2 aromatic rings. The molecule has 1 amide bonds. The van der Waals surface area contributed by atoms with Gasteiger partial charge in [-0.1, -0.05) is 29.8 Å². The summed E-state index contributed by atoms with van der Waals surface area (Å²) >= 11 is 7.41. The van der Waals surface area contributed by atoms with Gasteiger partial charge >= 0.3 is 0 Å². The number of thioether (sulfide) groups is 1. The van der Waals surface area contributed by atoms with Crippen LogP contribution in [0.5, 0.6) is 0 Å². The molecular weight excluding hydrogens is 416 g/mol. The van der Waals surface area contributed by atoms with Gasteiger partial charge in [0.05, 0.1) is 10.6 Å². The maximum atomic E-state index is 12.7. The van der Waals surface area contributed by atoms with Gasteiger partial charge in [-0.25, -0.2) is 8.42 Å². The van der Waals surface area contributed by atoms with E-state index in [0.717, 1.165) is 18.4 Å². The Hall–Kier alpha value is -1.54. The number of halogens is 1. The van der Waals surface area contributed by atoms with Crippen LogP contribution in [0.15, 0.2) is 53.4 Å². The SMILES string of the molecule is CC(SCC(=O)Nc1cccc(S(=O)(=O)N2CCCC2)c1)c1ccc(Cl)cc1. The Kier molecular flexibility index (Phi) is 7.04. The number of nitrogens with one attached hydrogen (secondary N) is 1. The summed E-state index contributed by atoms with van der Waals surface area (Å²) in [6.07, 6.45) is 1.78. The quantitative estimate of drug-likeness (QED) is 0.688. The monoisotopic (exact) mass is 438 g/mol. The maximum absolute atomic E-state index is 12.7. The second-order valence-corrected chi connectivity index (χ2v) is 10.4. The third-order valence-corrected chi connectivity index (χ3v) is 7.97. The van der Waals surface area contributed by atoms with Crippen LogP contribution in [0, 0.1) is 0 Å². The van der Waals surface area contributed by atoms with E-state index in [0.29, 0.717) is 23.8 Å². The van der Waals surface area contributed by atoms with Crippen LogP contribution >= 0.6 is 23.4 Å². The average molecular weight is 439 g/mol. The molecule has 8 heteroatoms. The molecule has 0 aromatic heterocycles. The molecule has 150 valence electrons. The highest BCUT2D eigenvalue weighted by atomic mass is 35.5. The minimum atomic E-state index is -3.50. The molecule has 2 aromatic carbocycles. The van der Waals surface area contributed by atoms with Gasteiger partial charge in [0.15, 0.2) is 0 Å². The number of carbonyl (C=O) groups excluding carboxylic acids is 1. The molecule has 1 fully saturated rings. The number of nitrogens with zero attached hydrogens (tertiary/aromatic N) is 1. The van der Waals surface area contributed by atoms with E-state index < -0.39 is 10.0 Å². The van der Waals surface area contributed by atoms with Crippen LogP contribution in [0.1, 0.15) is 30.6 Å². The van der Waals surface area contributed by atoms with Gasteiger partial charge in [0.1, 0.15) is 0 Å². The number of benzene rings is 2. The Labute approximate surface area is 175 Å². The van der Waals surface area contributed by atoms with Crippen LogP contribution < -0.4 is 5.32 Å². The average Bonchev–Trinajstić information content (AvgIpc) is 3.22. The smallest absolute Gasteiger partial charge is 0.243 e. The van der Waals surface area contributed by atoms with E-state index >= 15 is 0 Å². The number of carbonyl (C=O) groups is 1. The van der Waals surface area contributed by atoms with Crippen molar-refractivity contribution >= 4 is 45.0 Å². The first-order valence-corrected chi connectivity index (χ1v) is 12.0. The number of hydrogen-bond acceptors (Lipinski definition) is 4. The highest BCUT2D eigenvalue weighted by Gasteiger charge is 2.27. The fraction of sp³-hybridized carbons (Fsp3) is 0.350. The van der Waals surface area contributed by atoms with Crippen LogP contribution in [0.25, 0.3) is 0 Å². The fourth-order valence-electron chi connectivity index (χ4n) is 3.04. The summed E-state index contributed by atoms with van der Waals surface area (Å²) < 4.78 is 26.8. The van der Waals surface area contributed by atoms with E-state index in [9.17, 15) is 13.2 Å². The molecule has 1 aliphatic rings. The molecule has 1 unspecified atom stereocenters. The Balaban J connectivity index is 1.59. The molecule has 28 heavy (non-hydrogen) atoms. The van der Waals surface area contributed by atoms with Gasteiger partial charge in [-0.3, -0.25) is 4.79 Å². The molecule has 1 saturated heterocycles. The Morgan fingerprint density at radius 2 is 1.86 bits per heavy atom. The van der Waals surface area contributed by atoms with Crippen molar-refractivity contribution in [2.75, 3.05) is 24.2 Å². The van der Waals surface area contributed by atoms with Gasteiger partial charge in [-0.05, 0) is 55.7 Å². The molecule has 5 nitrogen and oxygen atoms in total. The first-order valence-electron chi connectivity index (χ1n) is 9.13. The standard InChI is InChI=1S/C20H23ClN2O3S2/c1-15(16-7-9-17(21)10-8-16)27-14-20(24)22-18-5-4-6-19(13-18)28(25,26)23-11-2-3-12-23/h4-10,13,15H,2-3,11-12,14H2,1H3,(H,22,24). The zero-order valence-electron chi connectivity index (χ0n) is 15.6. The van der Waals surface area contributed by atoms with Crippen LogP contribution in [0.3, 0.4) is 0 Å². The predicted octanol–water partition coefficient (Wildman–Crippen LogP) is 4.56. The third-order valence-electron chi connectivity index (χ3n) is 4.62. The summed E-state index contributed by atoms with van der Waals surface area (Å²) in [6.45, 7) is 3.14. The first kappa shape index (κ1) is 21.2. The molecule has 0 bridgehead atoms. The van der Waals surface area contributed by atoms with E-state index in [1.807, 2.05) is 31.2 Å². The molecule has 0 aliphatic carbocycles. The molecule has 0 radical (unpaired) electrons. The molecule has 0 saturated carbocycles.